The van der Waals surface area contributed by atoms with Gasteiger partial charge in [0.05, 0.1) is 7.11 Å². The molecule has 4 rings (SSSR count). The summed E-state index contributed by atoms with van der Waals surface area (Å²) in [5.74, 6) is 1.03. The van der Waals surface area contributed by atoms with Crippen LogP contribution in [0.1, 0.15) is 23.2 Å². The molecule has 0 fully saturated rings. The first-order valence-electron chi connectivity index (χ1n) is 8.87. The Kier molecular flexibility index (Phi) is 4.52. The number of aryl methyl sites for hydroxylation is 1. The van der Waals surface area contributed by atoms with Gasteiger partial charge in [0.15, 0.2) is 5.65 Å². The van der Waals surface area contributed by atoms with Crippen molar-refractivity contribution in [3.8, 4) is 5.75 Å². The number of carbonyl (C=O) groups excluding carboxylic acids is 1. The number of fused-ring (bicyclic) bond motifs is 2. The molecule has 0 saturated heterocycles. The Morgan fingerprint density at radius 3 is 2.88 bits per heavy atom. The van der Waals surface area contributed by atoms with E-state index in [0.29, 0.717) is 13.0 Å². The Morgan fingerprint density at radius 1 is 1.23 bits per heavy atom. The quantitative estimate of drug-likeness (QED) is 0.727. The van der Waals surface area contributed by atoms with E-state index in [2.05, 4.69) is 16.0 Å². The van der Waals surface area contributed by atoms with E-state index in [-0.39, 0.29) is 5.91 Å². The van der Waals surface area contributed by atoms with Gasteiger partial charge in [0.25, 0.3) is 0 Å². The summed E-state index contributed by atoms with van der Waals surface area (Å²) in [7, 11) is 1.65. The third-order valence-electron chi connectivity index (χ3n) is 4.88. The first kappa shape index (κ1) is 16.5. The third-order valence-corrected chi connectivity index (χ3v) is 4.88. The predicted molar refractivity (Wildman–Crippen MR) is 100.0 cm³/mol. The van der Waals surface area contributed by atoms with Crippen LogP contribution < -0.4 is 4.74 Å². The summed E-state index contributed by atoms with van der Waals surface area (Å²) in [6, 6.07) is 13.9. The number of ether oxygens (including phenoxy) is 1. The van der Waals surface area contributed by atoms with Crippen molar-refractivity contribution in [2.45, 2.75) is 25.8 Å². The molecular formula is C21H21N3O2. The molecule has 3 aromatic rings. The highest BCUT2D eigenvalue weighted by Crippen LogP contribution is 2.22. The van der Waals surface area contributed by atoms with Crippen LogP contribution in [-0.4, -0.2) is 34.4 Å². The number of pyridine rings is 2. The van der Waals surface area contributed by atoms with Crippen LogP contribution in [0.15, 0.2) is 48.7 Å². The summed E-state index contributed by atoms with van der Waals surface area (Å²) >= 11 is 0. The number of aromatic nitrogens is 2. The van der Waals surface area contributed by atoms with Gasteiger partial charge in [-0.1, -0.05) is 12.1 Å². The minimum atomic E-state index is 0.192. The Labute approximate surface area is 152 Å². The highest BCUT2D eigenvalue weighted by Gasteiger charge is 2.22. The molecule has 5 nitrogen and oxygen atoms in total. The third kappa shape index (κ3) is 3.38. The van der Waals surface area contributed by atoms with Gasteiger partial charge in [0.2, 0.25) is 5.91 Å². The van der Waals surface area contributed by atoms with Crippen LogP contribution in [-0.2, 0) is 24.2 Å². The zero-order valence-electron chi connectivity index (χ0n) is 14.8. The van der Waals surface area contributed by atoms with Gasteiger partial charge in [-0.3, -0.25) is 4.79 Å². The zero-order valence-corrected chi connectivity index (χ0v) is 14.8. The molecule has 3 heterocycles. The Balaban J connectivity index is 1.42. The second-order valence-electron chi connectivity index (χ2n) is 6.56. The van der Waals surface area contributed by atoms with Crippen molar-refractivity contribution >= 4 is 16.9 Å². The fourth-order valence-corrected chi connectivity index (χ4v) is 3.38. The van der Waals surface area contributed by atoms with Gasteiger partial charge < -0.3 is 9.64 Å². The lowest BCUT2D eigenvalue weighted by Crippen LogP contribution is -2.36. The Bertz CT molecular complexity index is 938. The smallest absolute Gasteiger partial charge is 0.223 e. The summed E-state index contributed by atoms with van der Waals surface area (Å²) in [6.45, 7) is 1.36. The number of hydrogen-bond donors (Lipinski definition) is 0. The maximum absolute atomic E-state index is 12.6. The van der Waals surface area contributed by atoms with E-state index in [9.17, 15) is 4.79 Å². The van der Waals surface area contributed by atoms with E-state index in [0.717, 1.165) is 53.0 Å². The molecular weight excluding hydrogens is 326 g/mol. The summed E-state index contributed by atoms with van der Waals surface area (Å²) in [5.41, 5.74) is 4.13. The van der Waals surface area contributed by atoms with Crippen LogP contribution in [0.3, 0.4) is 0 Å². The molecule has 1 aliphatic heterocycles. The van der Waals surface area contributed by atoms with Crippen molar-refractivity contribution in [1.82, 2.24) is 14.9 Å². The van der Waals surface area contributed by atoms with Gasteiger partial charge in [0, 0.05) is 43.2 Å². The van der Waals surface area contributed by atoms with Crippen molar-refractivity contribution in [3.05, 3.63) is 65.5 Å². The highest BCUT2D eigenvalue weighted by molar-refractivity contribution is 5.78. The monoisotopic (exact) mass is 347 g/mol. The van der Waals surface area contributed by atoms with Crippen LogP contribution in [0.4, 0.5) is 0 Å². The highest BCUT2D eigenvalue weighted by atomic mass is 16.5. The van der Waals surface area contributed by atoms with Crippen LogP contribution in [0.2, 0.25) is 0 Å². The van der Waals surface area contributed by atoms with Crippen molar-refractivity contribution in [1.29, 1.82) is 0 Å². The number of hydrogen-bond acceptors (Lipinski definition) is 4. The molecule has 1 aromatic carbocycles. The minimum absolute atomic E-state index is 0.192. The van der Waals surface area contributed by atoms with Gasteiger partial charge in [0.1, 0.15) is 5.75 Å². The Morgan fingerprint density at radius 2 is 2.08 bits per heavy atom. The van der Waals surface area contributed by atoms with E-state index >= 15 is 0 Å². The molecule has 1 aliphatic rings. The van der Waals surface area contributed by atoms with Crippen molar-refractivity contribution in [2.75, 3.05) is 13.7 Å². The standard InChI is InChI=1S/C21H21N3O2/c1-26-18-7-4-15(5-8-18)6-9-20(25)24-12-10-19-17(14-24)13-16-3-2-11-22-21(16)23-19/h2-5,7-8,11,13H,6,9-10,12,14H2,1H3. The lowest BCUT2D eigenvalue weighted by Gasteiger charge is -2.28. The molecule has 0 saturated carbocycles. The van der Waals surface area contributed by atoms with Crippen LogP contribution in [0.25, 0.3) is 11.0 Å². The molecule has 0 spiro atoms. The van der Waals surface area contributed by atoms with Gasteiger partial charge >= 0.3 is 0 Å². The average Bonchev–Trinajstić information content (AvgIpc) is 2.70. The lowest BCUT2D eigenvalue weighted by atomic mass is 10.0. The topological polar surface area (TPSA) is 55.3 Å². The number of methoxy groups -OCH3 is 1. The molecule has 0 unspecified atom stereocenters. The molecule has 0 aliphatic carbocycles. The molecule has 2 aromatic heterocycles. The zero-order chi connectivity index (χ0) is 17.9. The fourth-order valence-electron chi connectivity index (χ4n) is 3.38. The van der Waals surface area contributed by atoms with E-state index in [4.69, 9.17) is 4.74 Å². The number of amides is 1. The van der Waals surface area contributed by atoms with E-state index in [1.807, 2.05) is 41.3 Å². The number of nitrogens with zero attached hydrogens (tertiary/aromatic N) is 3. The number of carbonyl (C=O) groups is 1. The average molecular weight is 347 g/mol. The normalized spacial score (nSPS) is 13.5. The molecule has 0 radical (unpaired) electrons. The van der Waals surface area contributed by atoms with Crippen molar-refractivity contribution in [2.24, 2.45) is 0 Å². The largest absolute Gasteiger partial charge is 0.497 e. The fraction of sp³-hybridized carbons (Fsp3) is 0.286. The van der Waals surface area contributed by atoms with Gasteiger partial charge in [-0.2, -0.15) is 0 Å². The van der Waals surface area contributed by atoms with Crippen LogP contribution in [0.5, 0.6) is 5.75 Å². The van der Waals surface area contributed by atoms with Gasteiger partial charge in [-0.15, -0.1) is 0 Å². The van der Waals surface area contributed by atoms with Crippen LogP contribution >= 0.6 is 0 Å². The SMILES string of the molecule is COc1ccc(CCC(=O)N2CCc3nc4ncccc4cc3C2)cc1. The minimum Gasteiger partial charge on any atom is -0.497 e. The number of rotatable bonds is 4. The first-order valence-corrected chi connectivity index (χ1v) is 8.87. The predicted octanol–water partition coefficient (Wildman–Crippen LogP) is 3.16. The molecule has 1 amide bonds. The molecule has 0 atom stereocenters. The second kappa shape index (κ2) is 7.12. The van der Waals surface area contributed by atoms with Gasteiger partial charge in [-0.05, 0) is 47.9 Å². The van der Waals surface area contributed by atoms with Crippen molar-refractivity contribution in [3.63, 3.8) is 0 Å². The molecule has 0 bridgehead atoms. The van der Waals surface area contributed by atoms with E-state index < -0.39 is 0 Å². The Hall–Kier alpha value is -2.95. The van der Waals surface area contributed by atoms with Crippen LogP contribution in [0, 0.1) is 0 Å². The van der Waals surface area contributed by atoms with Gasteiger partial charge in [-0.25, -0.2) is 9.97 Å². The van der Waals surface area contributed by atoms with Crippen molar-refractivity contribution < 1.29 is 9.53 Å². The molecule has 0 N–H and O–H groups in total. The number of benzene rings is 1. The summed E-state index contributed by atoms with van der Waals surface area (Å²) in [5, 5.41) is 1.03. The molecule has 5 heteroatoms. The lowest BCUT2D eigenvalue weighted by molar-refractivity contribution is -0.132. The summed E-state index contributed by atoms with van der Waals surface area (Å²) < 4.78 is 5.17. The maximum atomic E-state index is 12.6. The molecule has 132 valence electrons. The first-order chi connectivity index (χ1) is 12.7. The molecule has 26 heavy (non-hydrogen) atoms. The second-order valence-corrected chi connectivity index (χ2v) is 6.56. The van der Waals surface area contributed by atoms with E-state index in [1.165, 1.54) is 0 Å². The summed E-state index contributed by atoms with van der Waals surface area (Å²) in [4.78, 5) is 23.6. The maximum Gasteiger partial charge on any atom is 0.223 e. The van der Waals surface area contributed by atoms with E-state index in [1.54, 1.807) is 13.3 Å². The summed E-state index contributed by atoms with van der Waals surface area (Å²) in [6.07, 6.45) is 3.81.